The van der Waals surface area contributed by atoms with Crippen molar-refractivity contribution in [2.24, 2.45) is 0 Å². The van der Waals surface area contributed by atoms with Gasteiger partial charge in [0.1, 0.15) is 0 Å². The zero-order valence-corrected chi connectivity index (χ0v) is 14.7. The molecule has 0 saturated carbocycles. The minimum absolute atomic E-state index is 0.319. The van der Waals surface area contributed by atoms with Crippen molar-refractivity contribution in [2.45, 2.75) is 51.7 Å². The zero-order valence-electron chi connectivity index (χ0n) is 13.9. The third kappa shape index (κ3) is 3.03. The summed E-state index contributed by atoms with van der Waals surface area (Å²) in [5.74, 6) is -0.766. The van der Waals surface area contributed by atoms with E-state index in [1.807, 2.05) is 33.8 Å². The number of benzene rings is 1. The summed E-state index contributed by atoms with van der Waals surface area (Å²) in [4.78, 5) is 11.9. The van der Waals surface area contributed by atoms with Crippen LogP contribution in [0.4, 0.5) is 0 Å². The van der Waals surface area contributed by atoms with Gasteiger partial charge in [0.05, 0.1) is 24.2 Å². The van der Waals surface area contributed by atoms with Crippen molar-refractivity contribution in [2.75, 3.05) is 7.11 Å². The Labute approximate surface area is 137 Å². The van der Waals surface area contributed by atoms with Gasteiger partial charge in [0.15, 0.2) is 0 Å². The van der Waals surface area contributed by atoms with Gasteiger partial charge in [-0.3, -0.25) is 4.79 Å². The third-order valence-electron chi connectivity index (χ3n) is 4.58. The van der Waals surface area contributed by atoms with Crippen molar-refractivity contribution < 1.29 is 18.8 Å². The first-order valence-electron chi connectivity index (χ1n) is 7.32. The van der Waals surface area contributed by atoms with Crippen LogP contribution in [-0.4, -0.2) is 31.4 Å². The molecule has 1 aromatic rings. The molecule has 0 spiro atoms. The molecule has 1 aromatic carbocycles. The van der Waals surface area contributed by atoms with Gasteiger partial charge in [0.2, 0.25) is 0 Å². The fourth-order valence-corrected chi connectivity index (χ4v) is 2.59. The smallest absolute Gasteiger partial charge is 0.469 e. The number of carbonyl (C=O) groups is 1. The highest BCUT2D eigenvalue weighted by Crippen LogP contribution is 2.37. The molecular formula is C16H22BClO4. The highest BCUT2D eigenvalue weighted by Gasteiger charge is 2.52. The van der Waals surface area contributed by atoms with Gasteiger partial charge in [-0.1, -0.05) is 17.7 Å². The molecule has 0 bridgehead atoms. The average Bonchev–Trinajstić information content (AvgIpc) is 2.65. The summed E-state index contributed by atoms with van der Waals surface area (Å²) in [5.41, 5.74) is 0.686. The topological polar surface area (TPSA) is 44.8 Å². The van der Waals surface area contributed by atoms with Gasteiger partial charge in [-0.15, -0.1) is 0 Å². The molecule has 22 heavy (non-hydrogen) atoms. The van der Waals surface area contributed by atoms with Gasteiger partial charge in [-0.05, 0) is 57.8 Å². The van der Waals surface area contributed by atoms with Crippen LogP contribution in [0.25, 0.3) is 0 Å². The van der Waals surface area contributed by atoms with E-state index in [1.165, 1.54) is 7.11 Å². The monoisotopic (exact) mass is 324 g/mol. The number of carbonyl (C=O) groups excluding carboxylic acids is 1. The molecule has 1 aliphatic heterocycles. The minimum atomic E-state index is -0.538. The number of hydrogen-bond acceptors (Lipinski definition) is 4. The molecule has 1 atom stereocenters. The predicted molar refractivity (Wildman–Crippen MR) is 87.6 cm³/mol. The van der Waals surface area contributed by atoms with Crippen LogP contribution >= 0.6 is 11.6 Å². The summed E-state index contributed by atoms with van der Waals surface area (Å²) in [6.45, 7) is 9.75. The quantitative estimate of drug-likeness (QED) is 0.633. The minimum Gasteiger partial charge on any atom is -0.469 e. The van der Waals surface area contributed by atoms with Crippen LogP contribution in [0.5, 0.6) is 0 Å². The Morgan fingerprint density at radius 1 is 1.23 bits per heavy atom. The average molecular weight is 325 g/mol. The molecule has 0 radical (unpaired) electrons. The van der Waals surface area contributed by atoms with Crippen molar-refractivity contribution in [3.05, 3.63) is 28.8 Å². The molecule has 1 aliphatic rings. The molecule has 2 rings (SSSR count). The first-order valence-corrected chi connectivity index (χ1v) is 7.69. The Hall–Kier alpha value is -1.04. The van der Waals surface area contributed by atoms with Crippen LogP contribution in [0.2, 0.25) is 5.02 Å². The number of rotatable bonds is 3. The van der Waals surface area contributed by atoms with E-state index in [-0.39, 0.29) is 5.97 Å². The standard InChI is InChI=1S/C16H22BClO4/c1-10(14(19)20-6)12-9-11(18)7-8-13(12)17-21-15(2,3)16(4,5)22-17/h7-10H,1-6H3. The number of ether oxygens (including phenoxy) is 1. The largest absolute Gasteiger partial charge is 0.495 e. The van der Waals surface area contributed by atoms with E-state index in [0.29, 0.717) is 5.02 Å². The van der Waals surface area contributed by atoms with E-state index in [2.05, 4.69) is 0 Å². The van der Waals surface area contributed by atoms with E-state index in [0.717, 1.165) is 11.0 Å². The fourth-order valence-electron chi connectivity index (χ4n) is 2.41. The lowest BCUT2D eigenvalue weighted by atomic mass is 9.73. The molecule has 1 unspecified atom stereocenters. The second-order valence-corrected chi connectivity index (χ2v) is 7.04. The molecule has 1 saturated heterocycles. The predicted octanol–water partition coefficient (Wildman–Crippen LogP) is 2.92. The maximum Gasteiger partial charge on any atom is 0.495 e. The Morgan fingerprint density at radius 2 is 1.77 bits per heavy atom. The van der Waals surface area contributed by atoms with E-state index >= 15 is 0 Å². The number of esters is 1. The molecule has 1 heterocycles. The van der Waals surface area contributed by atoms with Crippen LogP contribution in [0, 0.1) is 0 Å². The van der Waals surface area contributed by atoms with Gasteiger partial charge in [0, 0.05) is 5.02 Å². The van der Waals surface area contributed by atoms with Crippen LogP contribution in [0.15, 0.2) is 18.2 Å². The van der Waals surface area contributed by atoms with E-state index in [4.69, 9.17) is 25.6 Å². The Balaban J connectivity index is 2.43. The lowest BCUT2D eigenvalue weighted by molar-refractivity contribution is -0.141. The van der Waals surface area contributed by atoms with Gasteiger partial charge in [-0.2, -0.15) is 0 Å². The molecule has 0 N–H and O–H groups in total. The molecular weight excluding hydrogens is 302 g/mol. The highest BCUT2D eigenvalue weighted by molar-refractivity contribution is 6.62. The summed E-state index contributed by atoms with van der Waals surface area (Å²) < 4.78 is 17.0. The first kappa shape index (κ1) is 17.3. The number of halogens is 1. The van der Waals surface area contributed by atoms with Crippen LogP contribution in [-0.2, 0) is 18.8 Å². The van der Waals surface area contributed by atoms with E-state index in [1.54, 1.807) is 19.1 Å². The molecule has 6 heteroatoms. The molecule has 0 aliphatic carbocycles. The number of hydrogen-bond donors (Lipinski definition) is 0. The molecule has 120 valence electrons. The molecule has 0 aromatic heterocycles. The molecule has 4 nitrogen and oxygen atoms in total. The lowest BCUT2D eigenvalue weighted by Gasteiger charge is -2.32. The van der Waals surface area contributed by atoms with Crippen molar-refractivity contribution in [3.8, 4) is 0 Å². The van der Waals surface area contributed by atoms with Crippen LogP contribution in [0.3, 0.4) is 0 Å². The third-order valence-corrected chi connectivity index (χ3v) is 4.81. The summed E-state index contributed by atoms with van der Waals surface area (Å²) in [7, 11) is 0.835. The second-order valence-electron chi connectivity index (χ2n) is 6.61. The Bertz CT molecular complexity index is 570. The van der Waals surface area contributed by atoms with Crippen molar-refractivity contribution in [3.63, 3.8) is 0 Å². The lowest BCUT2D eigenvalue weighted by Crippen LogP contribution is -2.41. The summed E-state index contributed by atoms with van der Waals surface area (Å²) in [6.07, 6.45) is 0. The Morgan fingerprint density at radius 3 is 2.27 bits per heavy atom. The first-order chi connectivity index (χ1) is 10.1. The highest BCUT2D eigenvalue weighted by atomic mass is 35.5. The normalized spacial score (nSPS) is 20.8. The van der Waals surface area contributed by atoms with Gasteiger partial charge >= 0.3 is 13.1 Å². The van der Waals surface area contributed by atoms with Crippen LogP contribution < -0.4 is 5.46 Å². The van der Waals surface area contributed by atoms with Gasteiger partial charge in [0.25, 0.3) is 0 Å². The van der Waals surface area contributed by atoms with E-state index < -0.39 is 24.2 Å². The maximum absolute atomic E-state index is 11.9. The summed E-state index contributed by atoms with van der Waals surface area (Å²) in [5, 5.41) is 0.561. The van der Waals surface area contributed by atoms with Crippen LogP contribution in [0.1, 0.15) is 46.1 Å². The summed E-state index contributed by atoms with van der Waals surface area (Å²) in [6, 6.07) is 5.39. The van der Waals surface area contributed by atoms with Crippen molar-refractivity contribution >= 4 is 30.2 Å². The molecule has 0 amide bonds. The SMILES string of the molecule is COC(=O)C(C)c1cc(Cl)ccc1B1OC(C)(C)C(C)(C)O1. The Kier molecular flexibility index (Phi) is 4.62. The van der Waals surface area contributed by atoms with Crippen molar-refractivity contribution in [1.82, 2.24) is 0 Å². The van der Waals surface area contributed by atoms with E-state index in [9.17, 15) is 4.79 Å². The molecule has 1 fully saturated rings. The maximum atomic E-state index is 11.9. The second kappa shape index (κ2) is 5.87. The summed E-state index contributed by atoms with van der Waals surface area (Å²) >= 11 is 6.09. The van der Waals surface area contributed by atoms with Gasteiger partial charge in [-0.25, -0.2) is 0 Å². The van der Waals surface area contributed by atoms with Gasteiger partial charge < -0.3 is 14.0 Å². The zero-order chi connectivity index (χ0) is 16.7. The fraction of sp³-hybridized carbons (Fsp3) is 0.562. The number of methoxy groups -OCH3 is 1. The van der Waals surface area contributed by atoms with Crippen molar-refractivity contribution in [1.29, 1.82) is 0 Å².